The topological polar surface area (TPSA) is 72.3 Å². The number of rotatable bonds is 8. The first-order valence-electron chi connectivity index (χ1n) is 8.15. The number of carbonyl (C=O) groups excluding carboxylic acids is 1. The Bertz CT molecular complexity index is 630. The summed E-state index contributed by atoms with van der Waals surface area (Å²) in [4.78, 5) is 17.9. The third-order valence-corrected chi connectivity index (χ3v) is 3.59. The number of nitrogens with zero attached hydrogens (tertiary/aromatic N) is 4. The van der Waals surface area contributed by atoms with Gasteiger partial charge in [-0.2, -0.15) is 5.10 Å². The Morgan fingerprint density at radius 2 is 2.29 bits per heavy atom. The fourth-order valence-electron chi connectivity index (χ4n) is 2.34. The first kappa shape index (κ1) is 17.8. The van der Waals surface area contributed by atoms with E-state index in [0.717, 1.165) is 11.3 Å². The van der Waals surface area contributed by atoms with Crippen molar-refractivity contribution in [1.29, 1.82) is 0 Å². The van der Waals surface area contributed by atoms with Gasteiger partial charge in [-0.05, 0) is 38.5 Å². The van der Waals surface area contributed by atoms with Gasteiger partial charge in [0.1, 0.15) is 25.0 Å². The van der Waals surface area contributed by atoms with Gasteiger partial charge >= 0.3 is 6.03 Å². The third-order valence-electron chi connectivity index (χ3n) is 3.59. The number of likely N-dealkylation sites (N-methyl/N-ethyl adjacent to an activating group) is 1. The van der Waals surface area contributed by atoms with Crippen molar-refractivity contribution in [1.82, 2.24) is 25.0 Å². The molecule has 1 heterocycles. The minimum atomic E-state index is -0.0991. The number of hydrogen-bond donors (Lipinski definition) is 1. The lowest BCUT2D eigenvalue weighted by molar-refractivity contribution is 0.181. The highest BCUT2D eigenvalue weighted by molar-refractivity contribution is 5.74. The van der Waals surface area contributed by atoms with Crippen molar-refractivity contribution in [2.75, 3.05) is 19.7 Å². The fraction of sp³-hybridized carbons (Fsp3) is 0.471. The van der Waals surface area contributed by atoms with Crippen LogP contribution >= 0.6 is 0 Å². The number of urea groups is 1. The number of ether oxygens (including phenoxy) is 1. The lowest BCUT2D eigenvalue weighted by atomic mass is 10.2. The lowest BCUT2D eigenvalue weighted by Gasteiger charge is -2.24. The fourth-order valence-corrected chi connectivity index (χ4v) is 2.34. The monoisotopic (exact) mass is 331 g/mol. The largest absolute Gasteiger partial charge is 0.492 e. The van der Waals surface area contributed by atoms with Gasteiger partial charge in [0.25, 0.3) is 0 Å². The number of aryl methyl sites for hydroxylation is 1. The summed E-state index contributed by atoms with van der Waals surface area (Å²) in [5.41, 5.74) is 1.15. The number of nitrogens with one attached hydrogen (secondary N) is 1. The van der Waals surface area contributed by atoms with Crippen LogP contribution in [0.5, 0.6) is 5.75 Å². The number of benzene rings is 1. The normalized spacial score (nSPS) is 11.8. The summed E-state index contributed by atoms with van der Waals surface area (Å²) in [6.45, 7) is 8.12. The Morgan fingerprint density at radius 3 is 2.96 bits per heavy atom. The molecule has 2 rings (SSSR count). The summed E-state index contributed by atoms with van der Waals surface area (Å²) in [5.74, 6) is 0.825. The maximum atomic E-state index is 12.3. The summed E-state index contributed by atoms with van der Waals surface area (Å²) in [5, 5.41) is 7.01. The van der Waals surface area contributed by atoms with Gasteiger partial charge in [-0.15, -0.1) is 0 Å². The van der Waals surface area contributed by atoms with Crippen LogP contribution in [0.4, 0.5) is 4.79 Å². The molecule has 2 amide bonds. The molecule has 0 aliphatic carbocycles. The molecule has 1 N–H and O–H groups in total. The molecular formula is C17H25N5O2. The van der Waals surface area contributed by atoms with E-state index in [4.69, 9.17) is 4.74 Å². The lowest BCUT2D eigenvalue weighted by Crippen LogP contribution is -2.46. The Hall–Kier alpha value is -2.57. The standard InChI is InChI=1S/C17H25N5O2/c1-4-21(8-9-24-16-7-5-6-14(2)10-16)17(23)20-15(3)11-22-13-18-12-19-22/h5-7,10,12-13,15H,4,8-9,11H2,1-3H3,(H,20,23)/t15-/m0/s1. The molecule has 0 bridgehead atoms. The smallest absolute Gasteiger partial charge is 0.317 e. The molecule has 2 aromatic rings. The number of hydrogen-bond acceptors (Lipinski definition) is 4. The van der Waals surface area contributed by atoms with Crippen LogP contribution in [-0.2, 0) is 6.54 Å². The van der Waals surface area contributed by atoms with Crippen LogP contribution in [0.25, 0.3) is 0 Å². The van der Waals surface area contributed by atoms with Crippen LogP contribution in [0.15, 0.2) is 36.9 Å². The molecule has 0 spiro atoms. The molecule has 24 heavy (non-hydrogen) atoms. The molecule has 0 aliphatic heterocycles. The highest BCUT2D eigenvalue weighted by Gasteiger charge is 2.14. The zero-order chi connectivity index (χ0) is 17.4. The Balaban J connectivity index is 1.76. The van der Waals surface area contributed by atoms with Crippen molar-refractivity contribution in [2.24, 2.45) is 0 Å². The van der Waals surface area contributed by atoms with E-state index in [0.29, 0.717) is 26.2 Å². The maximum absolute atomic E-state index is 12.3. The highest BCUT2D eigenvalue weighted by atomic mass is 16.5. The molecular weight excluding hydrogens is 306 g/mol. The molecule has 7 nitrogen and oxygen atoms in total. The Labute approximate surface area is 142 Å². The third kappa shape index (κ3) is 5.57. The number of amides is 2. The van der Waals surface area contributed by atoms with Gasteiger partial charge in [0.15, 0.2) is 0 Å². The maximum Gasteiger partial charge on any atom is 0.317 e. The first-order valence-corrected chi connectivity index (χ1v) is 8.15. The zero-order valence-electron chi connectivity index (χ0n) is 14.5. The summed E-state index contributed by atoms with van der Waals surface area (Å²) in [7, 11) is 0. The van der Waals surface area contributed by atoms with Crippen LogP contribution < -0.4 is 10.1 Å². The van der Waals surface area contributed by atoms with E-state index in [9.17, 15) is 4.79 Å². The van der Waals surface area contributed by atoms with Gasteiger partial charge in [0.2, 0.25) is 0 Å². The minimum Gasteiger partial charge on any atom is -0.492 e. The van der Waals surface area contributed by atoms with E-state index in [2.05, 4.69) is 15.4 Å². The molecule has 0 aliphatic rings. The molecule has 1 aromatic heterocycles. The highest BCUT2D eigenvalue weighted by Crippen LogP contribution is 2.12. The molecule has 0 fully saturated rings. The molecule has 7 heteroatoms. The quantitative estimate of drug-likeness (QED) is 0.804. The molecule has 1 aromatic carbocycles. The van der Waals surface area contributed by atoms with Crippen molar-refractivity contribution in [3.63, 3.8) is 0 Å². The average molecular weight is 331 g/mol. The molecule has 0 radical (unpaired) electrons. The minimum absolute atomic E-state index is 0.0362. The van der Waals surface area contributed by atoms with Crippen molar-refractivity contribution in [2.45, 2.75) is 33.4 Å². The van der Waals surface area contributed by atoms with Gasteiger partial charge < -0.3 is 15.0 Å². The van der Waals surface area contributed by atoms with E-state index in [1.165, 1.54) is 6.33 Å². The van der Waals surface area contributed by atoms with E-state index in [1.807, 2.05) is 45.0 Å². The van der Waals surface area contributed by atoms with E-state index in [1.54, 1.807) is 15.9 Å². The van der Waals surface area contributed by atoms with Crippen LogP contribution in [0.3, 0.4) is 0 Å². The predicted molar refractivity (Wildman–Crippen MR) is 91.9 cm³/mol. The second-order valence-electron chi connectivity index (χ2n) is 5.71. The van der Waals surface area contributed by atoms with Crippen molar-refractivity contribution >= 4 is 6.03 Å². The van der Waals surface area contributed by atoms with Gasteiger partial charge in [0.05, 0.1) is 13.1 Å². The number of aromatic nitrogens is 3. The Morgan fingerprint density at radius 1 is 1.46 bits per heavy atom. The van der Waals surface area contributed by atoms with Crippen molar-refractivity contribution < 1.29 is 9.53 Å². The first-order chi connectivity index (χ1) is 11.6. The van der Waals surface area contributed by atoms with E-state index >= 15 is 0 Å². The Kier molecular flexibility index (Phi) is 6.60. The second kappa shape index (κ2) is 8.90. The van der Waals surface area contributed by atoms with Crippen LogP contribution in [-0.4, -0.2) is 51.4 Å². The van der Waals surface area contributed by atoms with Crippen molar-refractivity contribution in [3.05, 3.63) is 42.5 Å². The number of carbonyl (C=O) groups is 1. The molecule has 0 saturated heterocycles. The van der Waals surface area contributed by atoms with Gasteiger partial charge in [-0.1, -0.05) is 12.1 Å². The average Bonchev–Trinajstić information content (AvgIpc) is 3.04. The van der Waals surface area contributed by atoms with Gasteiger partial charge in [0, 0.05) is 12.6 Å². The molecule has 130 valence electrons. The van der Waals surface area contributed by atoms with E-state index < -0.39 is 0 Å². The predicted octanol–water partition coefficient (Wildman–Crippen LogP) is 2.09. The molecule has 0 unspecified atom stereocenters. The van der Waals surface area contributed by atoms with E-state index in [-0.39, 0.29) is 12.1 Å². The van der Waals surface area contributed by atoms with Crippen LogP contribution in [0.2, 0.25) is 0 Å². The van der Waals surface area contributed by atoms with Crippen molar-refractivity contribution in [3.8, 4) is 5.75 Å². The van der Waals surface area contributed by atoms with Gasteiger partial charge in [-0.25, -0.2) is 9.78 Å². The summed E-state index contributed by atoms with van der Waals surface area (Å²) in [6, 6.07) is 7.75. The molecule has 0 saturated carbocycles. The summed E-state index contributed by atoms with van der Waals surface area (Å²) >= 11 is 0. The summed E-state index contributed by atoms with van der Waals surface area (Å²) < 4.78 is 7.41. The zero-order valence-corrected chi connectivity index (χ0v) is 14.5. The van der Waals surface area contributed by atoms with Crippen LogP contribution in [0, 0.1) is 6.92 Å². The molecule has 1 atom stereocenters. The summed E-state index contributed by atoms with van der Waals surface area (Å²) in [6.07, 6.45) is 3.12. The second-order valence-corrected chi connectivity index (χ2v) is 5.71. The van der Waals surface area contributed by atoms with Crippen LogP contribution in [0.1, 0.15) is 19.4 Å². The van der Waals surface area contributed by atoms with Gasteiger partial charge in [-0.3, -0.25) is 4.68 Å². The SMILES string of the molecule is CCN(CCOc1cccc(C)c1)C(=O)N[C@@H](C)Cn1cncn1.